The van der Waals surface area contributed by atoms with Gasteiger partial charge in [0.05, 0.1) is 0 Å². The van der Waals surface area contributed by atoms with Gasteiger partial charge in [0.25, 0.3) is 0 Å². The Morgan fingerprint density at radius 2 is 2.30 bits per heavy atom. The summed E-state index contributed by atoms with van der Waals surface area (Å²) >= 11 is 0. The molecule has 27 heavy (non-hydrogen) atoms. The molecule has 0 aromatic carbocycles. The fourth-order valence-electron chi connectivity index (χ4n) is 2.76. The molecule has 3 heterocycles. The molecule has 1 atom stereocenters. The molecule has 0 amide bonds. The van der Waals surface area contributed by atoms with E-state index in [4.69, 9.17) is 9.98 Å². The van der Waals surface area contributed by atoms with Crippen LogP contribution in [0.1, 0.15) is 25.3 Å². The summed E-state index contributed by atoms with van der Waals surface area (Å²) in [6.45, 7) is 6.77. The van der Waals surface area contributed by atoms with Gasteiger partial charge in [0.15, 0.2) is 6.17 Å². The van der Waals surface area contributed by atoms with Crippen LogP contribution < -0.4 is 10.6 Å². The van der Waals surface area contributed by atoms with Gasteiger partial charge in [0, 0.05) is 41.8 Å². The van der Waals surface area contributed by atoms with E-state index in [9.17, 15) is 0 Å². The Morgan fingerprint density at radius 3 is 3.00 bits per heavy atom. The molecule has 2 aliphatic rings. The van der Waals surface area contributed by atoms with Gasteiger partial charge in [0.2, 0.25) is 0 Å². The Balaban J connectivity index is 2.00. The molecule has 1 unspecified atom stereocenters. The first-order valence-corrected chi connectivity index (χ1v) is 9.24. The Kier molecular flexibility index (Phi) is 6.52. The van der Waals surface area contributed by atoms with Crippen molar-refractivity contribution >= 4 is 11.7 Å². The van der Waals surface area contributed by atoms with E-state index in [1.165, 1.54) is 0 Å². The van der Waals surface area contributed by atoms with Crippen LogP contribution in [0.25, 0.3) is 0 Å². The largest absolute Gasteiger partial charge is 0.387 e. The molecule has 0 radical (unpaired) electrons. The van der Waals surface area contributed by atoms with E-state index in [-0.39, 0.29) is 6.17 Å². The predicted molar refractivity (Wildman–Crippen MR) is 113 cm³/mol. The van der Waals surface area contributed by atoms with E-state index in [0.29, 0.717) is 0 Å². The molecule has 5 heteroatoms. The highest BCUT2D eigenvalue weighted by molar-refractivity contribution is 6.16. The third kappa shape index (κ3) is 4.91. The van der Waals surface area contributed by atoms with Crippen LogP contribution >= 0.6 is 0 Å². The second-order valence-electron chi connectivity index (χ2n) is 6.19. The lowest BCUT2D eigenvalue weighted by Gasteiger charge is -2.24. The number of pyridine rings is 1. The molecule has 0 aliphatic carbocycles. The number of nitrogens with one attached hydrogen (secondary N) is 2. The van der Waals surface area contributed by atoms with E-state index in [1.807, 2.05) is 36.7 Å². The number of unbranched alkanes of at least 4 members (excludes halogenated alkanes) is 1. The molecule has 2 aliphatic heterocycles. The fraction of sp³-hybridized carbons (Fsp3) is 0.227. The van der Waals surface area contributed by atoms with Gasteiger partial charge in [-0.3, -0.25) is 4.98 Å². The highest BCUT2D eigenvalue weighted by Gasteiger charge is 2.22. The van der Waals surface area contributed by atoms with E-state index in [2.05, 4.69) is 47.3 Å². The number of aromatic nitrogens is 1. The Hall–Kier alpha value is -3.21. The number of hydrogen-bond donors (Lipinski definition) is 2. The molecule has 1 aromatic heterocycles. The molecule has 138 valence electrons. The molecule has 2 N–H and O–H groups in total. The van der Waals surface area contributed by atoms with Crippen molar-refractivity contribution < 1.29 is 0 Å². The number of nitrogens with zero attached hydrogens (tertiary/aromatic N) is 3. The van der Waals surface area contributed by atoms with E-state index >= 15 is 0 Å². The second kappa shape index (κ2) is 9.48. The van der Waals surface area contributed by atoms with Crippen LogP contribution in [0.2, 0.25) is 0 Å². The lowest BCUT2D eigenvalue weighted by atomic mass is 10.1. The monoisotopic (exact) mass is 359 g/mol. The van der Waals surface area contributed by atoms with Crippen molar-refractivity contribution in [1.29, 1.82) is 0 Å². The zero-order chi connectivity index (χ0) is 18.9. The molecule has 0 fully saturated rings. The summed E-state index contributed by atoms with van der Waals surface area (Å²) in [6.07, 6.45) is 19.4. The second-order valence-corrected chi connectivity index (χ2v) is 6.19. The van der Waals surface area contributed by atoms with Crippen LogP contribution in [0.3, 0.4) is 0 Å². The van der Waals surface area contributed by atoms with Crippen LogP contribution in [-0.4, -0.2) is 29.4 Å². The summed E-state index contributed by atoms with van der Waals surface area (Å²) in [6, 6.07) is 3.91. The third-order valence-electron chi connectivity index (χ3n) is 4.13. The summed E-state index contributed by atoms with van der Waals surface area (Å²) in [7, 11) is 0. The van der Waals surface area contributed by atoms with E-state index in [1.54, 1.807) is 12.3 Å². The van der Waals surface area contributed by atoms with Crippen molar-refractivity contribution in [2.75, 3.05) is 6.54 Å². The summed E-state index contributed by atoms with van der Waals surface area (Å²) in [5.41, 5.74) is 3.00. The molecule has 3 rings (SSSR count). The molecular weight excluding hydrogens is 334 g/mol. The lowest BCUT2D eigenvalue weighted by molar-refractivity contribution is 0.789. The van der Waals surface area contributed by atoms with Crippen molar-refractivity contribution in [3.05, 3.63) is 90.5 Å². The molecule has 5 nitrogen and oxygen atoms in total. The Labute approximate surface area is 160 Å². The van der Waals surface area contributed by atoms with E-state index < -0.39 is 0 Å². The number of hydrogen-bond acceptors (Lipinski definition) is 5. The van der Waals surface area contributed by atoms with Crippen molar-refractivity contribution in [3.8, 4) is 0 Å². The van der Waals surface area contributed by atoms with Gasteiger partial charge in [-0.2, -0.15) is 0 Å². The van der Waals surface area contributed by atoms with Crippen LogP contribution in [0, 0.1) is 0 Å². The maximum absolute atomic E-state index is 4.87. The zero-order valence-electron chi connectivity index (χ0n) is 15.6. The van der Waals surface area contributed by atoms with Gasteiger partial charge in [-0.1, -0.05) is 56.4 Å². The Bertz CT molecular complexity index is 841. The summed E-state index contributed by atoms with van der Waals surface area (Å²) in [5, 5.41) is 6.63. The molecule has 0 saturated carbocycles. The van der Waals surface area contributed by atoms with Gasteiger partial charge in [-0.15, -0.1) is 0 Å². The number of dihydropyridines is 1. The van der Waals surface area contributed by atoms with Crippen molar-refractivity contribution in [3.63, 3.8) is 0 Å². The van der Waals surface area contributed by atoms with Crippen molar-refractivity contribution in [2.45, 2.75) is 25.9 Å². The Morgan fingerprint density at radius 1 is 1.37 bits per heavy atom. The number of aliphatic imine (C=N–C) groups is 2. The molecule has 0 bridgehead atoms. The number of amidine groups is 2. The van der Waals surface area contributed by atoms with Crippen LogP contribution in [0.15, 0.2) is 94.9 Å². The average molecular weight is 359 g/mol. The average Bonchev–Trinajstić information content (AvgIpc) is 2.75. The van der Waals surface area contributed by atoms with Gasteiger partial charge in [-0.25, -0.2) is 9.98 Å². The quantitative estimate of drug-likeness (QED) is 0.730. The third-order valence-corrected chi connectivity index (χ3v) is 4.13. The highest BCUT2D eigenvalue weighted by atomic mass is 15.2. The highest BCUT2D eigenvalue weighted by Crippen LogP contribution is 2.19. The molecule has 1 aromatic rings. The van der Waals surface area contributed by atoms with Crippen molar-refractivity contribution in [1.82, 2.24) is 15.6 Å². The van der Waals surface area contributed by atoms with Gasteiger partial charge in [-0.05, 0) is 18.6 Å². The number of allylic oxidation sites excluding steroid dienone is 3. The van der Waals surface area contributed by atoms with Gasteiger partial charge >= 0.3 is 0 Å². The topological polar surface area (TPSA) is 61.7 Å². The smallest absolute Gasteiger partial charge is 0.171 e. The summed E-state index contributed by atoms with van der Waals surface area (Å²) in [4.78, 5) is 13.9. The molecule has 0 spiro atoms. The van der Waals surface area contributed by atoms with Crippen LogP contribution in [-0.2, 0) is 0 Å². The standard InChI is InChI=1S/C22H25N5/c1-3-5-9-17(10-6-4-2)20-25-21(18-11-7-13-23-15-18)27-22(26-20)19-12-8-14-24-16-19/h3,5,7-13,15-16,22,24H,1,4,6,14H2,2H3,(H,25,26,27)/b9-5-,17-10+. The maximum atomic E-state index is 4.87. The zero-order valence-corrected chi connectivity index (χ0v) is 15.6. The first-order valence-electron chi connectivity index (χ1n) is 9.24. The minimum absolute atomic E-state index is 0.303. The minimum Gasteiger partial charge on any atom is -0.387 e. The number of rotatable bonds is 7. The minimum atomic E-state index is -0.303. The predicted octanol–water partition coefficient (Wildman–Crippen LogP) is 3.67. The molecular formula is C22H25N5. The first-order chi connectivity index (χ1) is 13.3. The lowest BCUT2D eigenvalue weighted by Crippen LogP contribution is -2.38. The van der Waals surface area contributed by atoms with Crippen LogP contribution in [0.5, 0.6) is 0 Å². The van der Waals surface area contributed by atoms with Crippen LogP contribution in [0.4, 0.5) is 0 Å². The maximum Gasteiger partial charge on any atom is 0.171 e. The van der Waals surface area contributed by atoms with Crippen molar-refractivity contribution in [2.24, 2.45) is 9.98 Å². The van der Waals surface area contributed by atoms with E-state index in [0.717, 1.165) is 47.8 Å². The summed E-state index contributed by atoms with van der Waals surface area (Å²) in [5.74, 6) is 1.58. The van der Waals surface area contributed by atoms with Gasteiger partial charge < -0.3 is 10.6 Å². The first kappa shape index (κ1) is 18.6. The van der Waals surface area contributed by atoms with Gasteiger partial charge in [0.1, 0.15) is 11.7 Å². The summed E-state index contributed by atoms with van der Waals surface area (Å²) < 4.78 is 0. The fourth-order valence-corrected chi connectivity index (χ4v) is 2.76. The normalized spacial score (nSPS) is 19.7. The molecule has 0 saturated heterocycles. The SMILES string of the molecule is C=C/C=C\C(=C/CCC)C1=NC(C2=CNCC=C2)N=C(c2cccnc2)N1.